The molecule has 3 aliphatic rings. The van der Waals surface area contributed by atoms with E-state index in [1.54, 1.807) is 45.0 Å². The van der Waals surface area contributed by atoms with Crippen LogP contribution in [0, 0.1) is 17.6 Å². The standard InChI is InChI=1S/C45H46ClF2N7O4/c46-37-26-33(32-6-2-1-3-7-32)27-39(48)42(37)45(59)54-14-12-30(13-15-54)28-51-16-18-52(19-17-51)29-41(56)53-20-22-55(23-21-53)44(58)36-24-31(10-11-38(36)47)25-40-34-8-4-5-9-35(34)43(57)50-49-40/h1-11,24,26-27,30H,12-23,25,28-29H2,(H,50,57). The summed E-state index contributed by atoms with van der Waals surface area (Å²) in [6.07, 6.45) is 1.95. The van der Waals surface area contributed by atoms with Crippen molar-refractivity contribution in [3.05, 3.63) is 134 Å². The Morgan fingerprint density at radius 2 is 1.32 bits per heavy atom. The van der Waals surface area contributed by atoms with Gasteiger partial charge in [-0.05, 0) is 65.8 Å². The van der Waals surface area contributed by atoms with Crippen LogP contribution in [0.4, 0.5) is 8.78 Å². The molecule has 4 aromatic carbocycles. The number of hydrogen-bond acceptors (Lipinski definition) is 7. The highest BCUT2D eigenvalue weighted by Crippen LogP contribution is 2.31. The maximum atomic E-state index is 15.2. The molecule has 0 radical (unpaired) electrons. The summed E-state index contributed by atoms with van der Waals surface area (Å²) in [7, 11) is 0. The molecule has 3 aliphatic heterocycles. The molecule has 0 unspecified atom stereocenters. The number of carbonyl (C=O) groups excluding carboxylic acids is 3. The number of aromatic nitrogens is 2. The lowest BCUT2D eigenvalue weighted by molar-refractivity contribution is -0.134. The van der Waals surface area contributed by atoms with E-state index >= 15 is 8.78 Å². The molecule has 3 fully saturated rings. The second-order valence-electron chi connectivity index (χ2n) is 15.7. The van der Waals surface area contributed by atoms with Crippen molar-refractivity contribution in [3.8, 4) is 11.1 Å². The van der Waals surface area contributed by atoms with Crippen molar-refractivity contribution in [1.82, 2.24) is 34.7 Å². The molecule has 0 saturated carbocycles. The van der Waals surface area contributed by atoms with Crippen molar-refractivity contribution in [2.45, 2.75) is 19.3 Å². The van der Waals surface area contributed by atoms with Gasteiger partial charge in [0.05, 0.1) is 33.8 Å². The maximum absolute atomic E-state index is 15.2. The number of benzene rings is 4. The summed E-state index contributed by atoms with van der Waals surface area (Å²) in [6.45, 7) is 6.85. The van der Waals surface area contributed by atoms with E-state index in [4.69, 9.17) is 11.6 Å². The van der Waals surface area contributed by atoms with E-state index in [0.717, 1.165) is 51.1 Å². The largest absolute Gasteiger partial charge is 0.338 e. The fourth-order valence-electron chi connectivity index (χ4n) is 8.51. The minimum absolute atomic E-state index is 0.0163. The number of halogens is 3. The Kier molecular flexibility index (Phi) is 12.1. The Balaban J connectivity index is 0.765. The first kappa shape index (κ1) is 40.3. The Morgan fingerprint density at radius 3 is 2.03 bits per heavy atom. The Bertz CT molecular complexity index is 2380. The molecule has 0 bridgehead atoms. The molecule has 59 heavy (non-hydrogen) atoms. The van der Waals surface area contributed by atoms with Crippen LogP contribution in [-0.2, 0) is 11.2 Å². The average molecular weight is 822 g/mol. The van der Waals surface area contributed by atoms with Crippen molar-refractivity contribution < 1.29 is 23.2 Å². The van der Waals surface area contributed by atoms with E-state index in [-0.39, 0.29) is 33.5 Å². The second kappa shape index (κ2) is 17.8. The van der Waals surface area contributed by atoms with E-state index in [9.17, 15) is 19.2 Å². The number of piperazine rings is 2. The van der Waals surface area contributed by atoms with Gasteiger partial charge in [-0.3, -0.25) is 24.1 Å². The van der Waals surface area contributed by atoms with Gasteiger partial charge in [0, 0.05) is 83.8 Å². The first-order chi connectivity index (χ1) is 28.6. The molecule has 3 amide bonds. The van der Waals surface area contributed by atoms with E-state index < -0.39 is 17.5 Å². The average Bonchev–Trinajstić information content (AvgIpc) is 3.26. The Morgan fingerprint density at radius 1 is 0.678 bits per heavy atom. The number of hydrogen-bond donors (Lipinski definition) is 1. The highest BCUT2D eigenvalue weighted by atomic mass is 35.5. The fourth-order valence-corrected chi connectivity index (χ4v) is 8.80. The third-order valence-corrected chi connectivity index (χ3v) is 12.2. The van der Waals surface area contributed by atoms with Crippen LogP contribution in [0.25, 0.3) is 21.9 Å². The number of amides is 3. The minimum atomic E-state index is -0.612. The van der Waals surface area contributed by atoms with E-state index in [1.165, 1.54) is 12.1 Å². The fraction of sp³-hybridized carbons (Fsp3) is 0.356. The van der Waals surface area contributed by atoms with Gasteiger partial charge in [0.1, 0.15) is 11.6 Å². The van der Waals surface area contributed by atoms with Gasteiger partial charge in [-0.1, -0.05) is 66.2 Å². The van der Waals surface area contributed by atoms with Crippen LogP contribution in [0.2, 0.25) is 5.02 Å². The lowest BCUT2D eigenvalue weighted by atomic mass is 9.95. The number of likely N-dealkylation sites (tertiary alicyclic amines) is 1. The third kappa shape index (κ3) is 9.07. The number of H-pyrrole nitrogens is 1. The highest BCUT2D eigenvalue weighted by Gasteiger charge is 2.31. The van der Waals surface area contributed by atoms with Crippen molar-refractivity contribution in [2.24, 2.45) is 5.92 Å². The number of rotatable bonds is 9. The highest BCUT2D eigenvalue weighted by molar-refractivity contribution is 6.34. The van der Waals surface area contributed by atoms with Gasteiger partial charge in [-0.25, -0.2) is 13.9 Å². The normalized spacial score (nSPS) is 17.1. The van der Waals surface area contributed by atoms with Crippen molar-refractivity contribution in [1.29, 1.82) is 0 Å². The number of nitrogens with one attached hydrogen (secondary N) is 1. The van der Waals surface area contributed by atoms with E-state index in [0.29, 0.717) is 85.7 Å². The van der Waals surface area contributed by atoms with Gasteiger partial charge < -0.3 is 19.6 Å². The molecule has 3 saturated heterocycles. The molecule has 0 spiro atoms. The van der Waals surface area contributed by atoms with Crippen LogP contribution in [0.3, 0.4) is 0 Å². The van der Waals surface area contributed by atoms with Crippen LogP contribution in [0.15, 0.2) is 89.7 Å². The van der Waals surface area contributed by atoms with Crippen LogP contribution in [0.1, 0.15) is 44.8 Å². The lowest BCUT2D eigenvalue weighted by Crippen LogP contribution is -2.55. The zero-order valence-electron chi connectivity index (χ0n) is 32.7. The van der Waals surface area contributed by atoms with Gasteiger partial charge in [0.15, 0.2) is 0 Å². The SMILES string of the molecule is O=C(CN1CCN(CC2CCN(C(=O)c3c(F)cc(-c4ccccc4)cc3Cl)CC2)CC1)N1CCN(C(=O)c2cc(Cc3n[nH]c(=O)c4ccccc34)ccc2F)CC1. The predicted molar refractivity (Wildman–Crippen MR) is 222 cm³/mol. The summed E-state index contributed by atoms with van der Waals surface area (Å²) < 4.78 is 30.2. The molecular formula is C45H46ClF2N7O4. The van der Waals surface area contributed by atoms with E-state index in [1.807, 2.05) is 42.5 Å². The molecule has 8 rings (SSSR count). The van der Waals surface area contributed by atoms with Crippen LogP contribution in [0.5, 0.6) is 0 Å². The van der Waals surface area contributed by atoms with Gasteiger partial charge in [0.2, 0.25) is 5.91 Å². The number of nitrogens with zero attached hydrogens (tertiary/aromatic N) is 6. The van der Waals surface area contributed by atoms with Crippen molar-refractivity contribution in [3.63, 3.8) is 0 Å². The smallest absolute Gasteiger partial charge is 0.272 e. The first-order valence-corrected chi connectivity index (χ1v) is 20.6. The summed E-state index contributed by atoms with van der Waals surface area (Å²) >= 11 is 6.47. The molecular weight excluding hydrogens is 776 g/mol. The molecule has 1 aromatic heterocycles. The molecule has 4 heterocycles. The molecule has 0 atom stereocenters. The summed E-state index contributed by atoms with van der Waals surface area (Å²) in [4.78, 5) is 62.1. The Labute approximate surface area is 346 Å². The summed E-state index contributed by atoms with van der Waals surface area (Å²) in [6, 6.07) is 24.0. The van der Waals surface area contributed by atoms with Gasteiger partial charge >= 0.3 is 0 Å². The lowest BCUT2D eigenvalue weighted by Gasteiger charge is -2.40. The number of fused-ring (bicyclic) bond motifs is 1. The first-order valence-electron chi connectivity index (χ1n) is 20.2. The Hall–Kier alpha value is -5.50. The predicted octanol–water partition coefficient (Wildman–Crippen LogP) is 5.57. The minimum Gasteiger partial charge on any atom is -0.338 e. The number of carbonyl (C=O) groups is 3. The molecule has 11 nitrogen and oxygen atoms in total. The van der Waals surface area contributed by atoms with Gasteiger partial charge in [-0.2, -0.15) is 5.10 Å². The monoisotopic (exact) mass is 821 g/mol. The van der Waals surface area contributed by atoms with Crippen molar-refractivity contribution in [2.75, 3.05) is 78.5 Å². The molecule has 0 aliphatic carbocycles. The van der Waals surface area contributed by atoms with Crippen LogP contribution in [-0.4, -0.2) is 131 Å². The van der Waals surface area contributed by atoms with Crippen LogP contribution < -0.4 is 5.56 Å². The third-order valence-electron chi connectivity index (χ3n) is 11.9. The zero-order chi connectivity index (χ0) is 41.0. The van der Waals surface area contributed by atoms with Crippen molar-refractivity contribution >= 4 is 40.1 Å². The van der Waals surface area contributed by atoms with E-state index in [2.05, 4.69) is 20.0 Å². The molecule has 1 N–H and O–H groups in total. The number of piperidine rings is 1. The quantitative estimate of drug-likeness (QED) is 0.207. The van der Waals surface area contributed by atoms with Crippen LogP contribution >= 0.6 is 11.6 Å². The summed E-state index contributed by atoms with van der Waals surface area (Å²) in [5.74, 6) is -1.59. The zero-order valence-corrected chi connectivity index (χ0v) is 33.5. The maximum Gasteiger partial charge on any atom is 0.272 e. The number of aromatic amines is 1. The second-order valence-corrected chi connectivity index (χ2v) is 16.1. The molecule has 5 aromatic rings. The summed E-state index contributed by atoms with van der Waals surface area (Å²) in [5.41, 5.74) is 2.39. The molecule has 14 heteroatoms. The topological polar surface area (TPSA) is 113 Å². The summed E-state index contributed by atoms with van der Waals surface area (Å²) in [5, 5.41) is 8.07. The van der Waals surface area contributed by atoms with Gasteiger partial charge in [-0.15, -0.1) is 0 Å². The van der Waals surface area contributed by atoms with Gasteiger partial charge in [0.25, 0.3) is 17.4 Å². The molecule has 306 valence electrons.